The summed E-state index contributed by atoms with van der Waals surface area (Å²) in [5, 5.41) is 3.76. The normalized spacial score (nSPS) is 30.4. The van der Waals surface area contributed by atoms with Gasteiger partial charge < -0.3 is 16.8 Å². The summed E-state index contributed by atoms with van der Waals surface area (Å²) in [6, 6.07) is 7.17. The van der Waals surface area contributed by atoms with Gasteiger partial charge in [-0.2, -0.15) is 0 Å². The maximum Gasteiger partial charge on any atom is 0.0574 e. The summed E-state index contributed by atoms with van der Waals surface area (Å²) in [6.45, 7) is 7.92. The molecule has 0 aromatic heterocycles. The fourth-order valence-corrected chi connectivity index (χ4v) is 5.13. The molecule has 0 radical (unpaired) electrons. The number of allylic oxidation sites excluding steroid dienone is 2. The first-order chi connectivity index (χ1) is 12.1. The van der Waals surface area contributed by atoms with Crippen molar-refractivity contribution >= 4 is 11.1 Å². The summed E-state index contributed by atoms with van der Waals surface area (Å²) in [7, 11) is 0. The second kappa shape index (κ2) is 6.30. The third-order valence-corrected chi connectivity index (χ3v) is 6.81. The molecule has 0 amide bonds. The summed E-state index contributed by atoms with van der Waals surface area (Å²) in [5.41, 5.74) is 20.8. The van der Waals surface area contributed by atoms with Crippen molar-refractivity contribution in [2.45, 2.75) is 51.5 Å². The topological polar surface area (TPSA) is 64.1 Å². The number of benzene rings is 1. The molecule has 1 aromatic rings. The molecule has 5 N–H and O–H groups in total. The molecule has 134 valence electrons. The van der Waals surface area contributed by atoms with Crippen LogP contribution in [0.3, 0.4) is 0 Å². The van der Waals surface area contributed by atoms with Crippen LogP contribution < -0.4 is 16.8 Å². The first-order valence-corrected chi connectivity index (χ1v) is 9.75. The average molecular weight is 338 g/mol. The smallest absolute Gasteiger partial charge is 0.0574 e. The molecule has 4 rings (SSSR count). The minimum Gasteiger partial charge on any atom is -0.381 e. The van der Waals surface area contributed by atoms with E-state index < -0.39 is 0 Å². The highest BCUT2D eigenvalue weighted by atomic mass is 15.0. The van der Waals surface area contributed by atoms with E-state index in [2.05, 4.69) is 37.0 Å². The van der Waals surface area contributed by atoms with Crippen molar-refractivity contribution in [2.75, 3.05) is 13.1 Å². The minimum atomic E-state index is 0.257. The molecule has 3 heteroatoms. The molecule has 0 spiro atoms. The fraction of sp³-hybridized carbons (Fsp3) is 0.545. The van der Waals surface area contributed by atoms with Crippen molar-refractivity contribution < 1.29 is 0 Å². The van der Waals surface area contributed by atoms with Crippen molar-refractivity contribution in [1.29, 1.82) is 0 Å². The van der Waals surface area contributed by atoms with Crippen LogP contribution in [0.4, 0.5) is 0 Å². The van der Waals surface area contributed by atoms with Gasteiger partial charge in [-0.25, -0.2) is 0 Å². The lowest BCUT2D eigenvalue weighted by Crippen LogP contribution is -2.44. The average Bonchev–Trinajstić information content (AvgIpc) is 2.91. The van der Waals surface area contributed by atoms with Crippen LogP contribution in [-0.2, 0) is 6.42 Å². The van der Waals surface area contributed by atoms with Crippen LogP contribution in [0.5, 0.6) is 0 Å². The van der Waals surface area contributed by atoms with Gasteiger partial charge in [-0.3, -0.25) is 0 Å². The molecule has 3 aliphatic rings. The molecule has 1 aromatic carbocycles. The molecular formula is C22H31N3. The molecule has 1 heterocycles. The zero-order valence-electron chi connectivity index (χ0n) is 15.4. The van der Waals surface area contributed by atoms with Gasteiger partial charge >= 0.3 is 0 Å². The molecule has 0 saturated heterocycles. The zero-order valence-corrected chi connectivity index (χ0v) is 15.4. The molecular weight excluding hydrogens is 306 g/mol. The first kappa shape index (κ1) is 16.9. The Balaban J connectivity index is 1.63. The van der Waals surface area contributed by atoms with Crippen LogP contribution in [-0.4, -0.2) is 19.1 Å². The highest BCUT2D eigenvalue weighted by Crippen LogP contribution is 2.49. The summed E-state index contributed by atoms with van der Waals surface area (Å²) >= 11 is 0. The Morgan fingerprint density at radius 2 is 2.04 bits per heavy atom. The minimum absolute atomic E-state index is 0.257. The second-order valence-electron chi connectivity index (χ2n) is 8.47. The van der Waals surface area contributed by atoms with Crippen molar-refractivity contribution in [3.8, 4) is 0 Å². The molecule has 1 saturated carbocycles. The van der Waals surface area contributed by atoms with E-state index >= 15 is 0 Å². The lowest BCUT2D eigenvalue weighted by atomic mass is 9.67. The van der Waals surface area contributed by atoms with Gasteiger partial charge in [-0.15, -0.1) is 0 Å². The maximum atomic E-state index is 6.27. The predicted molar refractivity (Wildman–Crippen MR) is 106 cm³/mol. The number of rotatable bonds is 5. The molecule has 3 nitrogen and oxygen atoms in total. The standard InChI is InChI=1S/C22H31N3/c1-14(2)17-5-3-4-16-10-18-21(20(16)17)19(25-18)11-22(13-24)8-6-15(12-23)7-9-22/h3-5,15,18,25H,1,6-13,23-24H2,2H3. The second-order valence-corrected chi connectivity index (χ2v) is 8.47. The van der Waals surface area contributed by atoms with Crippen molar-refractivity contribution in [3.63, 3.8) is 0 Å². The maximum absolute atomic E-state index is 6.27. The fourth-order valence-electron chi connectivity index (χ4n) is 5.13. The molecule has 1 atom stereocenters. The molecule has 1 fully saturated rings. The Morgan fingerprint density at radius 1 is 1.28 bits per heavy atom. The van der Waals surface area contributed by atoms with Crippen LogP contribution in [0.1, 0.15) is 55.7 Å². The van der Waals surface area contributed by atoms with Crippen LogP contribution >= 0.6 is 0 Å². The van der Waals surface area contributed by atoms with E-state index in [9.17, 15) is 0 Å². The van der Waals surface area contributed by atoms with Gasteiger partial charge in [0.15, 0.2) is 0 Å². The van der Waals surface area contributed by atoms with Crippen molar-refractivity contribution in [3.05, 3.63) is 47.2 Å². The van der Waals surface area contributed by atoms with Crippen LogP contribution in [0.15, 0.2) is 30.5 Å². The third-order valence-electron chi connectivity index (χ3n) is 6.81. The van der Waals surface area contributed by atoms with E-state index in [1.54, 1.807) is 5.57 Å². The van der Waals surface area contributed by atoms with Gasteiger partial charge in [0.05, 0.1) is 6.04 Å². The van der Waals surface area contributed by atoms with Crippen LogP contribution in [0.2, 0.25) is 0 Å². The number of nitrogens with two attached hydrogens (primary N) is 2. The van der Waals surface area contributed by atoms with Gasteiger partial charge in [0, 0.05) is 11.3 Å². The summed E-state index contributed by atoms with van der Waals surface area (Å²) in [6.07, 6.45) is 7.09. The summed E-state index contributed by atoms with van der Waals surface area (Å²) < 4.78 is 0. The van der Waals surface area contributed by atoms with Gasteiger partial charge in [0.25, 0.3) is 0 Å². The van der Waals surface area contributed by atoms with E-state index in [0.717, 1.165) is 31.5 Å². The van der Waals surface area contributed by atoms with Gasteiger partial charge in [-0.05, 0) is 86.6 Å². The van der Waals surface area contributed by atoms with E-state index in [0.29, 0.717) is 12.0 Å². The number of hydrogen-bond acceptors (Lipinski definition) is 3. The van der Waals surface area contributed by atoms with Crippen LogP contribution in [0.25, 0.3) is 11.1 Å². The summed E-state index contributed by atoms with van der Waals surface area (Å²) in [4.78, 5) is 0. The SMILES string of the molecule is C=C(C)c1cccc2c1C1=C(CC3(CN)CCC(CN)CC3)NC1C2. The highest BCUT2D eigenvalue weighted by molar-refractivity contribution is 5.89. The molecule has 1 aliphatic heterocycles. The van der Waals surface area contributed by atoms with Gasteiger partial charge in [-0.1, -0.05) is 30.4 Å². The Bertz CT molecular complexity index is 723. The predicted octanol–water partition coefficient (Wildman–Crippen LogP) is 3.44. The molecule has 2 aliphatic carbocycles. The molecule has 25 heavy (non-hydrogen) atoms. The number of nitrogens with one attached hydrogen (secondary N) is 1. The van der Waals surface area contributed by atoms with E-state index in [1.165, 1.54) is 48.1 Å². The van der Waals surface area contributed by atoms with Gasteiger partial charge in [0.1, 0.15) is 0 Å². The Morgan fingerprint density at radius 3 is 2.68 bits per heavy atom. The van der Waals surface area contributed by atoms with Crippen LogP contribution in [0, 0.1) is 11.3 Å². The van der Waals surface area contributed by atoms with E-state index in [4.69, 9.17) is 11.5 Å². The third kappa shape index (κ3) is 2.74. The van der Waals surface area contributed by atoms with Gasteiger partial charge in [0.2, 0.25) is 0 Å². The van der Waals surface area contributed by atoms with Crippen molar-refractivity contribution in [1.82, 2.24) is 5.32 Å². The molecule has 0 bridgehead atoms. The summed E-state index contributed by atoms with van der Waals surface area (Å²) in [5.74, 6) is 0.696. The first-order valence-electron chi connectivity index (χ1n) is 9.75. The monoisotopic (exact) mass is 337 g/mol. The lowest BCUT2D eigenvalue weighted by molar-refractivity contribution is 0.154. The highest BCUT2D eigenvalue weighted by Gasteiger charge is 2.42. The Labute approximate surface area is 151 Å². The lowest BCUT2D eigenvalue weighted by Gasteiger charge is -2.43. The zero-order chi connectivity index (χ0) is 17.6. The largest absolute Gasteiger partial charge is 0.381 e. The van der Waals surface area contributed by atoms with Crippen molar-refractivity contribution in [2.24, 2.45) is 22.8 Å². The van der Waals surface area contributed by atoms with E-state index in [-0.39, 0.29) is 5.41 Å². The van der Waals surface area contributed by atoms with E-state index in [1.807, 2.05) is 0 Å². The molecule has 1 unspecified atom stereocenters. The Kier molecular flexibility index (Phi) is 4.25. The Hall–Kier alpha value is -1.58. The number of hydrogen-bond donors (Lipinski definition) is 3. The quantitative estimate of drug-likeness (QED) is 0.771. The number of fused-ring (bicyclic) bond motifs is 3.